The number of rotatable bonds is 6. The average molecular weight is 395 g/mol. The zero-order valence-electron chi connectivity index (χ0n) is 17.6. The van der Waals surface area contributed by atoms with Crippen LogP contribution < -0.4 is 5.63 Å². The van der Waals surface area contributed by atoms with E-state index >= 15 is 0 Å². The van der Waals surface area contributed by atoms with Crippen LogP contribution in [0.2, 0.25) is 0 Å². The van der Waals surface area contributed by atoms with Crippen molar-refractivity contribution >= 4 is 21.7 Å². The molecule has 0 amide bonds. The lowest BCUT2D eigenvalue weighted by Gasteiger charge is -2.29. The summed E-state index contributed by atoms with van der Waals surface area (Å²) in [6.07, 6.45) is 10.9. The maximum atomic E-state index is 14.7. The highest BCUT2D eigenvalue weighted by molar-refractivity contribution is 6.04. The average Bonchev–Trinajstić information content (AvgIpc) is 2.75. The van der Waals surface area contributed by atoms with Gasteiger partial charge in [0.05, 0.1) is 5.39 Å². The Morgan fingerprint density at radius 1 is 0.966 bits per heavy atom. The minimum absolute atomic E-state index is 0.0854. The minimum Gasteiger partial charge on any atom is -0.419 e. The molecule has 1 aliphatic rings. The molecular formula is C26H31FO2. The molecular weight excluding hydrogens is 363 g/mol. The Balaban J connectivity index is 1.61. The van der Waals surface area contributed by atoms with Crippen LogP contribution in [-0.2, 0) is 6.42 Å². The Kier molecular flexibility index (Phi) is 6.03. The van der Waals surface area contributed by atoms with E-state index in [-0.39, 0.29) is 5.58 Å². The molecule has 2 nitrogen and oxygen atoms in total. The third kappa shape index (κ3) is 3.97. The molecule has 1 aromatic heterocycles. The highest BCUT2D eigenvalue weighted by atomic mass is 19.1. The summed E-state index contributed by atoms with van der Waals surface area (Å²) in [6, 6.07) is 9.79. The number of halogens is 1. The van der Waals surface area contributed by atoms with Crippen LogP contribution in [0, 0.1) is 11.7 Å². The highest BCUT2D eigenvalue weighted by Gasteiger charge is 2.23. The summed E-state index contributed by atoms with van der Waals surface area (Å²) >= 11 is 0. The summed E-state index contributed by atoms with van der Waals surface area (Å²) < 4.78 is 20.1. The number of unbranched alkanes of at least 4 members (excludes halogenated alkanes) is 2. The fourth-order valence-electron chi connectivity index (χ4n) is 5.02. The maximum absolute atomic E-state index is 14.7. The standard InChI is InChI=1S/C26H31FO2/c1-3-5-6-7-17-8-10-19(11-9-17)20-13-14-21-22-15-12-18(4-2)24(27)25(22)29-26(28)23(21)16-20/h12-17,19H,3-11H2,1-2H3. The first kappa shape index (κ1) is 20.1. The van der Waals surface area contributed by atoms with Crippen LogP contribution in [0.5, 0.6) is 0 Å². The van der Waals surface area contributed by atoms with E-state index in [1.54, 1.807) is 6.07 Å². The number of fused-ring (bicyclic) bond motifs is 3. The molecule has 0 radical (unpaired) electrons. The van der Waals surface area contributed by atoms with Crippen molar-refractivity contribution in [2.24, 2.45) is 5.92 Å². The summed E-state index contributed by atoms with van der Waals surface area (Å²) in [5.74, 6) is 0.966. The Bertz CT molecular complexity index is 1060. The first-order chi connectivity index (χ1) is 14.1. The SMILES string of the molecule is CCCCCC1CCC(c2ccc3c(c2)c(=O)oc2c(F)c(CC)ccc23)CC1. The molecule has 4 rings (SSSR count). The van der Waals surface area contributed by atoms with Crippen LogP contribution in [0.3, 0.4) is 0 Å². The monoisotopic (exact) mass is 394 g/mol. The summed E-state index contributed by atoms with van der Waals surface area (Å²) in [4.78, 5) is 12.6. The summed E-state index contributed by atoms with van der Waals surface area (Å²) in [5.41, 5.74) is 1.45. The van der Waals surface area contributed by atoms with E-state index in [1.807, 2.05) is 25.1 Å². The van der Waals surface area contributed by atoms with Crippen LogP contribution >= 0.6 is 0 Å². The second kappa shape index (κ2) is 8.69. The van der Waals surface area contributed by atoms with Crippen LogP contribution in [0.4, 0.5) is 4.39 Å². The third-order valence-electron chi connectivity index (χ3n) is 6.84. The van der Waals surface area contributed by atoms with Crippen molar-refractivity contribution in [2.75, 3.05) is 0 Å². The first-order valence-corrected chi connectivity index (χ1v) is 11.3. The Hall–Kier alpha value is -2.16. The van der Waals surface area contributed by atoms with Gasteiger partial charge in [0.15, 0.2) is 11.4 Å². The normalized spacial score (nSPS) is 19.8. The van der Waals surface area contributed by atoms with Gasteiger partial charge in [0, 0.05) is 10.8 Å². The molecule has 0 bridgehead atoms. The Labute approximate surface area is 172 Å². The van der Waals surface area contributed by atoms with Crippen molar-refractivity contribution in [3.05, 3.63) is 57.7 Å². The van der Waals surface area contributed by atoms with E-state index in [9.17, 15) is 9.18 Å². The molecule has 1 fully saturated rings. The number of hydrogen-bond donors (Lipinski definition) is 0. The van der Waals surface area contributed by atoms with Crippen molar-refractivity contribution in [1.29, 1.82) is 0 Å². The smallest absolute Gasteiger partial charge is 0.344 e. The summed E-state index contributed by atoms with van der Waals surface area (Å²) in [6.45, 7) is 4.15. The summed E-state index contributed by atoms with van der Waals surface area (Å²) in [5, 5.41) is 2.04. The minimum atomic E-state index is -0.435. The van der Waals surface area contributed by atoms with Gasteiger partial charge in [-0.15, -0.1) is 0 Å². The number of hydrogen-bond acceptors (Lipinski definition) is 2. The lowest BCUT2D eigenvalue weighted by Crippen LogP contribution is -2.14. The molecule has 0 aliphatic heterocycles. The molecule has 1 heterocycles. The molecule has 3 aromatic rings. The quantitative estimate of drug-likeness (QED) is 0.246. The van der Waals surface area contributed by atoms with Crippen LogP contribution in [0.25, 0.3) is 21.7 Å². The predicted molar refractivity (Wildman–Crippen MR) is 118 cm³/mol. The van der Waals surface area contributed by atoms with Gasteiger partial charge in [-0.2, -0.15) is 0 Å². The molecule has 0 unspecified atom stereocenters. The van der Waals surface area contributed by atoms with Crippen LogP contribution in [-0.4, -0.2) is 0 Å². The van der Waals surface area contributed by atoms with E-state index in [1.165, 1.54) is 56.9 Å². The van der Waals surface area contributed by atoms with Crippen molar-refractivity contribution in [1.82, 2.24) is 0 Å². The van der Waals surface area contributed by atoms with Gasteiger partial charge in [-0.05, 0) is 61.1 Å². The van der Waals surface area contributed by atoms with Gasteiger partial charge in [0.1, 0.15) is 0 Å². The molecule has 1 aliphatic carbocycles. The molecule has 29 heavy (non-hydrogen) atoms. The van der Waals surface area contributed by atoms with E-state index in [2.05, 4.69) is 13.0 Å². The van der Waals surface area contributed by atoms with Crippen molar-refractivity contribution < 1.29 is 8.81 Å². The molecule has 0 atom stereocenters. The van der Waals surface area contributed by atoms with Crippen LogP contribution in [0.15, 0.2) is 39.5 Å². The van der Waals surface area contributed by atoms with Gasteiger partial charge in [-0.1, -0.05) is 63.8 Å². The molecule has 3 heteroatoms. The van der Waals surface area contributed by atoms with E-state index in [0.29, 0.717) is 28.7 Å². The fraction of sp³-hybridized carbons (Fsp3) is 0.500. The fourth-order valence-corrected chi connectivity index (χ4v) is 5.02. The topological polar surface area (TPSA) is 30.2 Å². The van der Waals surface area contributed by atoms with Gasteiger partial charge in [0.25, 0.3) is 0 Å². The third-order valence-corrected chi connectivity index (χ3v) is 6.84. The highest BCUT2D eigenvalue weighted by Crippen LogP contribution is 2.39. The molecule has 154 valence electrons. The largest absolute Gasteiger partial charge is 0.419 e. The molecule has 2 aromatic carbocycles. The van der Waals surface area contributed by atoms with Crippen LogP contribution in [0.1, 0.15) is 82.3 Å². The first-order valence-electron chi connectivity index (χ1n) is 11.3. The lowest BCUT2D eigenvalue weighted by atomic mass is 9.77. The molecule has 0 saturated heterocycles. The van der Waals surface area contributed by atoms with Crippen molar-refractivity contribution in [3.8, 4) is 0 Å². The Morgan fingerprint density at radius 2 is 1.72 bits per heavy atom. The molecule has 1 saturated carbocycles. The lowest BCUT2D eigenvalue weighted by molar-refractivity contribution is 0.303. The van der Waals surface area contributed by atoms with Gasteiger partial charge in [0.2, 0.25) is 0 Å². The summed E-state index contributed by atoms with van der Waals surface area (Å²) in [7, 11) is 0. The maximum Gasteiger partial charge on any atom is 0.344 e. The zero-order valence-corrected chi connectivity index (χ0v) is 17.6. The van der Waals surface area contributed by atoms with E-state index in [0.717, 1.165) is 11.3 Å². The second-order valence-electron chi connectivity index (χ2n) is 8.68. The van der Waals surface area contributed by atoms with E-state index in [4.69, 9.17) is 4.42 Å². The Morgan fingerprint density at radius 3 is 2.45 bits per heavy atom. The zero-order chi connectivity index (χ0) is 20.4. The molecule has 0 spiro atoms. The van der Waals surface area contributed by atoms with Gasteiger partial charge in [-0.3, -0.25) is 0 Å². The van der Waals surface area contributed by atoms with Gasteiger partial charge in [-0.25, -0.2) is 9.18 Å². The van der Waals surface area contributed by atoms with Gasteiger partial charge < -0.3 is 4.42 Å². The van der Waals surface area contributed by atoms with Crippen molar-refractivity contribution in [3.63, 3.8) is 0 Å². The van der Waals surface area contributed by atoms with E-state index < -0.39 is 11.4 Å². The predicted octanol–water partition coefficient (Wildman–Crippen LogP) is 7.50. The molecule has 0 N–H and O–H groups in total. The number of aryl methyl sites for hydroxylation is 1. The number of benzene rings is 2. The van der Waals surface area contributed by atoms with Crippen molar-refractivity contribution in [2.45, 2.75) is 77.6 Å². The second-order valence-corrected chi connectivity index (χ2v) is 8.68. The van der Waals surface area contributed by atoms with Gasteiger partial charge >= 0.3 is 5.63 Å².